The molecule has 3 saturated carbocycles. The third-order valence-corrected chi connectivity index (χ3v) is 4.34. The summed E-state index contributed by atoms with van der Waals surface area (Å²) in [5, 5.41) is 0. The predicted octanol–water partition coefficient (Wildman–Crippen LogP) is 2.94. The van der Waals surface area contributed by atoms with Crippen molar-refractivity contribution >= 4 is 0 Å². The van der Waals surface area contributed by atoms with Gasteiger partial charge in [0.2, 0.25) is 0 Å². The van der Waals surface area contributed by atoms with Crippen molar-refractivity contribution in [2.24, 2.45) is 23.0 Å². The van der Waals surface area contributed by atoms with Gasteiger partial charge in [-0.3, -0.25) is 0 Å². The van der Waals surface area contributed by atoms with Gasteiger partial charge in [0.05, 0.1) is 0 Å². The predicted molar refractivity (Wildman–Crippen MR) is 56.4 cm³/mol. The van der Waals surface area contributed by atoms with Crippen LogP contribution in [0.4, 0.5) is 0 Å². The highest BCUT2D eigenvalue weighted by Gasteiger charge is 2.49. The summed E-state index contributed by atoms with van der Waals surface area (Å²) in [7, 11) is 0. The topological polar surface area (TPSA) is 26.0 Å². The van der Waals surface area contributed by atoms with Gasteiger partial charge >= 0.3 is 0 Å². The molecule has 76 valence electrons. The van der Waals surface area contributed by atoms with Crippen LogP contribution in [0.3, 0.4) is 0 Å². The Bertz CT molecular complexity index is 194. The van der Waals surface area contributed by atoms with Crippen LogP contribution in [-0.4, -0.2) is 5.54 Å². The van der Waals surface area contributed by atoms with Crippen molar-refractivity contribution in [3.63, 3.8) is 0 Å². The van der Waals surface area contributed by atoms with Gasteiger partial charge in [0.25, 0.3) is 0 Å². The van der Waals surface area contributed by atoms with Crippen LogP contribution in [-0.2, 0) is 0 Å². The number of hydrogen-bond donors (Lipinski definition) is 1. The molecule has 0 aliphatic heterocycles. The summed E-state index contributed by atoms with van der Waals surface area (Å²) in [6.45, 7) is 7.06. The summed E-state index contributed by atoms with van der Waals surface area (Å²) in [5.74, 6) is 1.75. The second-order valence-electron chi connectivity index (χ2n) is 6.33. The number of rotatable bonds is 0. The summed E-state index contributed by atoms with van der Waals surface area (Å²) < 4.78 is 0. The highest BCUT2D eigenvalue weighted by molar-refractivity contribution is 5.04. The van der Waals surface area contributed by atoms with Crippen LogP contribution < -0.4 is 5.73 Å². The molecule has 0 aromatic carbocycles. The molecular weight excluding hydrogens is 158 g/mol. The minimum Gasteiger partial charge on any atom is -0.325 e. The number of hydrogen-bond acceptors (Lipinski definition) is 1. The van der Waals surface area contributed by atoms with Gasteiger partial charge in [0.1, 0.15) is 0 Å². The van der Waals surface area contributed by atoms with Crippen molar-refractivity contribution < 1.29 is 0 Å². The largest absolute Gasteiger partial charge is 0.325 e. The second kappa shape index (κ2) is 2.73. The molecule has 3 aliphatic rings. The van der Waals surface area contributed by atoms with Crippen LogP contribution >= 0.6 is 0 Å². The normalized spacial score (nSPS) is 45.2. The molecule has 0 aromatic heterocycles. The van der Waals surface area contributed by atoms with E-state index in [0.717, 1.165) is 11.8 Å². The maximum atomic E-state index is 6.53. The summed E-state index contributed by atoms with van der Waals surface area (Å²) in [5.41, 5.74) is 7.12. The van der Waals surface area contributed by atoms with Crippen LogP contribution in [0.2, 0.25) is 0 Å². The summed E-state index contributed by atoms with van der Waals surface area (Å²) in [6.07, 6.45) is 6.73. The van der Waals surface area contributed by atoms with Gasteiger partial charge in [0.15, 0.2) is 0 Å². The molecule has 3 aliphatic carbocycles. The van der Waals surface area contributed by atoms with E-state index in [0.29, 0.717) is 5.41 Å². The Kier molecular flexibility index (Phi) is 1.99. The molecule has 13 heavy (non-hydrogen) atoms. The molecule has 0 amide bonds. The lowest BCUT2D eigenvalue weighted by Crippen LogP contribution is -2.58. The molecule has 1 heteroatoms. The first-order valence-electron chi connectivity index (χ1n) is 5.71. The SMILES string of the molecule is CC(C)(C)C1CC2CCC1(N)CC2. The lowest BCUT2D eigenvalue weighted by molar-refractivity contribution is 0.00104. The Balaban J connectivity index is 2.21. The van der Waals surface area contributed by atoms with Gasteiger partial charge in [0, 0.05) is 5.54 Å². The fourth-order valence-corrected chi connectivity index (χ4v) is 3.58. The molecule has 0 saturated heterocycles. The van der Waals surface area contributed by atoms with Crippen molar-refractivity contribution in [1.29, 1.82) is 0 Å². The van der Waals surface area contributed by atoms with E-state index in [9.17, 15) is 0 Å². The van der Waals surface area contributed by atoms with Crippen molar-refractivity contribution in [1.82, 2.24) is 0 Å². The van der Waals surface area contributed by atoms with Gasteiger partial charge in [-0.05, 0) is 49.4 Å². The number of fused-ring (bicyclic) bond motifs is 3. The van der Waals surface area contributed by atoms with Gasteiger partial charge < -0.3 is 5.73 Å². The van der Waals surface area contributed by atoms with E-state index in [-0.39, 0.29) is 5.54 Å². The molecule has 1 atom stereocenters. The quantitative estimate of drug-likeness (QED) is 0.611. The monoisotopic (exact) mass is 181 g/mol. The lowest BCUT2D eigenvalue weighted by Gasteiger charge is -2.55. The van der Waals surface area contributed by atoms with Crippen LogP contribution in [0.1, 0.15) is 52.9 Å². The molecule has 3 rings (SSSR count). The molecule has 0 heterocycles. The van der Waals surface area contributed by atoms with E-state index in [1.54, 1.807) is 0 Å². The first-order valence-corrected chi connectivity index (χ1v) is 5.71. The third kappa shape index (κ3) is 1.52. The van der Waals surface area contributed by atoms with E-state index in [2.05, 4.69) is 20.8 Å². The molecule has 1 unspecified atom stereocenters. The summed E-state index contributed by atoms with van der Waals surface area (Å²) in [4.78, 5) is 0. The zero-order valence-electron chi connectivity index (χ0n) is 9.27. The summed E-state index contributed by atoms with van der Waals surface area (Å²) in [6, 6.07) is 0. The Labute approximate surface area is 82.1 Å². The van der Waals surface area contributed by atoms with Crippen LogP contribution in [0.5, 0.6) is 0 Å². The van der Waals surface area contributed by atoms with Crippen molar-refractivity contribution in [2.75, 3.05) is 0 Å². The zero-order valence-corrected chi connectivity index (χ0v) is 9.27. The smallest absolute Gasteiger partial charge is 0.0188 e. The maximum absolute atomic E-state index is 6.53. The fourth-order valence-electron chi connectivity index (χ4n) is 3.58. The Morgan fingerprint density at radius 3 is 2.00 bits per heavy atom. The highest BCUT2D eigenvalue weighted by Crippen LogP contribution is 2.52. The van der Waals surface area contributed by atoms with Crippen molar-refractivity contribution in [2.45, 2.75) is 58.4 Å². The van der Waals surface area contributed by atoms with E-state index >= 15 is 0 Å². The van der Waals surface area contributed by atoms with Crippen molar-refractivity contribution in [3.05, 3.63) is 0 Å². The van der Waals surface area contributed by atoms with E-state index in [1.165, 1.54) is 32.1 Å². The average molecular weight is 181 g/mol. The molecule has 0 radical (unpaired) electrons. The Morgan fingerprint density at radius 2 is 1.69 bits per heavy atom. The third-order valence-electron chi connectivity index (χ3n) is 4.34. The lowest BCUT2D eigenvalue weighted by atomic mass is 9.54. The minimum absolute atomic E-state index is 0.188. The molecule has 2 bridgehead atoms. The molecule has 0 spiro atoms. The van der Waals surface area contributed by atoms with Gasteiger partial charge in [-0.2, -0.15) is 0 Å². The van der Waals surface area contributed by atoms with Crippen LogP contribution in [0, 0.1) is 17.3 Å². The van der Waals surface area contributed by atoms with Gasteiger partial charge in [-0.25, -0.2) is 0 Å². The van der Waals surface area contributed by atoms with E-state index in [1.807, 2.05) is 0 Å². The molecule has 0 aromatic rings. The van der Waals surface area contributed by atoms with Gasteiger partial charge in [-0.15, -0.1) is 0 Å². The first kappa shape index (κ1) is 9.51. The van der Waals surface area contributed by atoms with Gasteiger partial charge in [-0.1, -0.05) is 20.8 Å². The maximum Gasteiger partial charge on any atom is 0.0188 e. The van der Waals surface area contributed by atoms with E-state index < -0.39 is 0 Å². The molecule has 2 N–H and O–H groups in total. The molecular formula is C12H23N. The Morgan fingerprint density at radius 1 is 1.15 bits per heavy atom. The second-order valence-corrected chi connectivity index (χ2v) is 6.33. The first-order chi connectivity index (χ1) is 5.92. The highest BCUT2D eigenvalue weighted by atomic mass is 14.8. The number of nitrogens with two attached hydrogens (primary N) is 1. The van der Waals surface area contributed by atoms with Crippen LogP contribution in [0.25, 0.3) is 0 Å². The van der Waals surface area contributed by atoms with Crippen molar-refractivity contribution in [3.8, 4) is 0 Å². The Hall–Kier alpha value is -0.0400. The minimum atomic E-state index is 0.188. The molecule has 3 fully saturated rings. The van der Waals surface area contributed by atoms with E-state index in [4.69, 9.17) is 5.73 Å². The average Bonchev–Trinajstić information content (AvgIpc) is 2.03. The molecule has 1 nitrogen and oxygen atoms in total. The zero-order chi connectivity index (χ0) is 9.69. The summed E-state index contributed by atoms with van der Waals surface area (Å²) >= 11 is 0. The fraction of sp³-hybridized carbons (Fsp3) is 1.00. The standard InChI is InChI=1S/C12H23N/c1-11(2,3)10-8-9-4-6-12(10,13)7-5-9/h9-10H,4-8,13H2,1-3H3. The van der Waals surface area contributed by atoms with Crippen LogP contribution in [0.15, 0.2) is 0 Å².